The molecule has 0 bridgehead atoms. The van der Waals surface area contributed by atoms with Crippen molar-refractivity contribution in [3.05, 3.63) is 0 Å². The first-order chi connectivity index (χ1) is 19.7. The van der Waals surface area contributed by atoms with Crippen LogP contribution in [0.25, 0.3) is 0 Å². The van der Waals surface area contributed by atoms with Crippen LogP contribution in [0.5, 0.6) is 0 Å². The molecule has 0 radical (unpaired) electrons. The number of carboxylic acid groups (broad SMARTS) is 2. The Morgan fingerprint density at radius 1 is 0.619 bits per heavy atom. The van der Waals surface area contributed by atoms with Crippen LogP contribution in [-0.4, -0.2) is 86.4 Å². The fraction of sp³-hybridized carbons (Fsp3) is 0.941. The number of aliphatic hydroxyl groups is 3. The predicted molar refractivity (Wildman–Crippen MR) is 170 cm³/mol. The number of hydrogen-bond donors (Lipinski definition) is 5. The third kappa shape index (κ3) is 13.6. The minimum atomic E-state index is -1.96. The Morgan fingerprint density at radius 3 is 1.21 bits per heavy atom. The third-order valence-corrected chi connectivity index (χ3v) is 9.56. The molecule has 0 aliphatic rings. The molecule has 0 fully saturated rings. The SMILES string of the molecule is CCCCCCCCCCCCCCCCCCC[N+](C)(C)C(CC(=O)O)(C(=O)O)C(CC(C)O)(CC(C)O)C(C)O. The summed E-state index contributed by atoms with van der Waals surface area (Å²) in [6, 6.07) is 0. The van der Waals surface area contributed by atoms with Crippen LogP contribution in [0.3, 0.4) is 0 Å². The molecule has 0 amide bonds. The van der Waals surface area contributed by atoms with Gasteiger partial charge < -0.3 is 30.0 Å². The first kappa shape index (κ1) is 40.8. The van der Waals surface area contributed by atoms with Crippen LogP contribution in [0.2, 0.25) is 0 Å². The Balaban J connectivity index is 4.95. The summed E-state index contributed by atoms with van der Waals surface area (Å²) < 4.78 is -0.169. The van der Waals surface area contributed by atoms with E-state index in [9.17, 15) is 35.1 Å². The second-order valence-corrected chi connectivity index (χ2v) is 13.7. The Bertz CT molecular complexity index is 713. The molecule has 250 valence electrons. The molecule has 5 N–H and O–H groups in total. The second-order valence-electron chi connectivity index (χ2n) is 13.7. The van der Waals surface area contributed by atoms with Crippen LogP contribution in [0.1, 0.15) is 156 Å². The van der Waals surface area contributed by atoms with Crippen LogP contribution < -0.4 is 0 Å². The highest BCUT2D eigenvalue weighted by atomic mass is 16.4. The number of carboxylic acids is 2. The highest BCUT2D eigenvalue weighted by Gasteiger charge is 2.69. The number of likely N-dealkylation sites (N-methyl/N-ethyl adjacent to an activating group) is 1. The van der Waals surface area contributed by atoms with E-state index in [2.05, 4.69) is 6.92 Å². The van der Waals surface area contributed by atoms with Gasteiger partial charge in [0.1, 0.15) is 6.42 Å². The molecule has 0 saturated heterocycles. The van der Waals surface area contributed by atoms with Gasteiger partial charge in [-0.25, -0.2) is 4.79 Å². The van der Waals surface area contributed by atoms with Gasteiger partial charge in [-0.2, -0.15) is 0 Å². The van der Waals surface area contributed by atoms with Gasteiger partial charge in [-0.3, -0.25) is 4.79 Å². The molecule has 0 aromatic heterocycles. The van der Waals surface area contributed by atoms with Crippen molar-refractivity contribution in [3.63, 3.8) is 0 Å². The topological polar surface area (TPSA) is 135 Å². The average Bonchev–Trinajstić information content (AvgIpc) is 2.87. The summed E-state index contributed by atoms with van der Waals surface area (Å²) in [5, 5.41) is 52.5. The number of aliphatic carboxylic acids is 2. The number of nitrogens with zero attached hydrogens (tertiary/aromatic N) is 1. The lowest BCUT2D eigenvalue weighted by Gasteiger charge is -2.57. The largest absolute Gasteiger partial charge is 0.481 e. The summed E-state index contributed by atoms with van der Waals surface area (Å²) >= 11 is 0. The molecule has 42 heavy (non-hydrogen) atoms. The Kier molecular flexibility index (Phi) is 20.9. The van der Waals surface area contributed by atoms with Crippen molar-refractivity contribution in [2.24, 2.45) is 5.41 Å². The monoisotopic (exact) mass is 602 g/mol. The summed E-state index contributed by atoms with van der Waals surface area (Å²) in [6.07, 6.45) is 16.9. The van der Waals surface area contributed by atoms with Crippen molar-refractivity contribution in [2.45, 2.75) is 180 Å². The molecule has 4 atom stereocenters. The van der Waals surface area contributed by atoms with Gasteiger partial charge >= 0.3 is 11.9 Å². The normalized spacial score (nSPS) is 17.3. The van der Waals surface area contributed by atoms with Crippen molar-refractivity contribution in [3.8, 4) is 0 Å². The van der Waals surface area contributed by atoms with E-state index in [1.54, 1.807) is 14.1 Å². The lowest BCUT2D eigenvalue weighted by Crippen LogP contribution is -2.75. The maximum absolute atomic E-state index is 13.1. The van der Waals surface area contributed by atoms with E-state index < -0.39 is 47.6 Å². The molecule has 0 aliphatic heterocycles. The van der Waals surface area contributed by atoms with Crippen LogP contribution in [-0.2, 0) is 9.59 Å². The van der Waals surface area contributed by atoms with E-state index in [-0.39, 0.29) is 17.3 Å². The first-order valence-corrected chi connectivity index (χ1v) is 17.0. The van der Waals surface area contributed by atoms with Gasteiger partial charge in [0.25, 0.3) is 0 Å². The fourth-order valence-electron chi connectivity index (χ4n) is 7.34. The molecule has 0 heterocycles. The van der Waals surface area contributed by atoms with Gasteiger partial charge in [0.05, 0.1) is 44.4 Å². The van der Waals surface area contributed by atoms with Crippen molar-refractivity contribution < 1.29 is 39.6 Å². The minimum absolute atomic E-state index is 0.143. The van der Waals surface area contributed by atoms with E-state index in [0.29, 0.717) is 6.54 Å². The molecule has 0 aliphatic carbocycles. The predicted octanol–water partition coefficient (Wildman–Crippen LogP) is 6.92. The molecule has 0 spiro atoms. The third-order valence-electron chi connectivity index (χ3n) is 9.56. The Morgan fingerprint density at radius 2 is 0.952 bits per heavy atom. The maximum Gasteiger partial charge on any atom is 0.367 e. The average molecular weight is 603 g/mol. The van der Waals surface area contributed by atoms with Gasteiger partial charge in [-0.05, 0) is 46.5 Å². The molecule has 8 nitrogen and oxygen atoms in total. The Hall–Kier alpha value is -1.22. The zero-order valence-electron chi connectivity index (χ0n) is 28.1. The number of quaternary nitrogens is 1. The molecular formula is C34H68NO7+. The summed E-state index contributed by atoms with van der Waals surface area (Å²) in [5.41, 5.74) is -3.53. The standard InChI is InChI=1S/C34H67NO7/c1-7-8-9-10-11-12-13-14-15-16-17-18-19-20-21-22-23-24-35(5,6)34(32(41)42,27-31(39)40)33(30(4)38,25-28(2)36)26-29(3)37/h28-30,36-38H,7-27H2,1-6H3,(H-,39,40,41,42)/p+1. The van der Waals surface area contributed by atoms with Crippen molar-refractivity contribution >= 4 is 11.9 Å². The van der Waals surface area contributed by atoms with Gasteiger partial charge in [0, 0.05) is 0 Å². The maximum atomic E-state index is 13.1. The highest BCUT2D eigenvalue weighted by Crippen LogP contribution is 2.51. The van der Waals surface area contributed by atoms with Gasteiger partial charge in [-0.1, -0.05) is 103 Å². The molecular weight excluding hydrogens is 534 g/mol. The molecule has 0 aromatic rings. The number of rotatable bonds is 28. The highest BCUT2D eigenvalue weighted by molar-refractivity contribution is 5.85. The quantitative estimate of drug-likeness (QED) is 0.0484. The van der Waals surface area contributed by atoms with Crippen LogP contribution in [0, 0.1) is 5.41 Å². The van der Waals surface area contributed by atoms with E-state index >= 15 is 0 Å². The number of hydrogen-bond acceptors (Lipinski definition) is 5. The summed E-state index contributed by atoms with van der Waals surface area (Å²) in [6.45, 7) is 7.12. The molecule has 8 heteroatoms. The van der Waals surface area contributed by atoms with Crippen molar-refractivity contribution in [1.29, 1.82) is 0 Å². The van der Waals surface area contributed by atoms with Gasteiger partial charge in [0.15, 0.2) is 0 Å². The molecule has 0 saturated carbocycles. The Labute approximate surface area is 257 Å². The molecule has 0 rings (SSSR count). The zero-order valence-corrected chi connectivity index (χ0v) is 28.1. The fourth-order valence-corrected chi connectivity index (χ4v) is 7.34. The molecule has 4 unspecified atom stereocenters. The van der Waals surface area contributed by atoms with Crippen LogP contribution >= 0.6 is 0 Å². The first-order valence-electron chi connectivity index (χ1n) is 17.0. The number of unbranched alkanes of at least 4 members (excludes halogenated alkanes) is 16. The van der Waals surface area contributed by atoms with E-state index in [0.717, 1.165) is 25.7 Å². The van der Waals surface area contributed by atoms with Crippen LogP contribution in [0.4, 0.5) is 0 Å². The summed E-state index contributed by atoms with van der Waals surface area (Å²) in [7, 11) is 3.43. The van der Waals surface area contributed by atoms with Crippen LogP contribution in [0.15, 0.2) is 0 Å². The van der Waals surface area contributed by atoms with E-state index in [1.165, 1.54) is 104 Å². The summed E-state index contributed by atoms with van der Waals surface area (Å²) in [5.74, 6) is -2.61. The van der Waals surface area contributed by atoms with Crippen molar-refractivity contribution in [1.82, 2.24) is 0 Å². The van der Waals surface area contributed by atoms with Crippen molar-refractivity contribution in [2.75, 3.05) is 20.6 Å². The lowest BCUT2D eigenvalue weighted by atomic mass is 9.57. The molecule has 0 aromatic carbocycles. The smallest absolute Gasteiger partial charge is 0.367 e. The minimum Gasteiger partial charge on any atom is -0.481 e. The van der Waals surface area contributed by atoms with E-state index in [4.69, 9.17) is 0 Å². The van der Waals surface area contributed by atoms with E-state index in [1.807, 2.05) is 0 Å². The zero-order chi connectivity index (χ0) is 32.2. The summed E-state index contributed by atoms with van der Waals surface area (Å²) in [4.78, 5) is 25.3. The number of aliphatic hydroxyl groups excluding tert-OH is 3. The number of carbonyl (C=O) groups is 2. The lowest BCUT2D eigenvalue weighted by molar-refractivity contribution is -0.941. The van der Waals surface area contributed by atoms with Gasteiger partial charge in [0.2, 0.25) is 5.54 Å². The second kappa shape index (κ2) is 21.5. The van der Waals surface area contributed by atoms with Gasteiger partial charge in [-0.15, -0.1) is 0 Å².